The highest BCUT2D eigenvalue weighted by atomic mass is 15.3. The monoisotopic (exact) mass is 169 g/mol. The van der Waals surface area contributed by atoms with Crippen molar-refractivity contribution in [2.75, 3.05) is 7.05 Å². The van der Waals surface area contributed by atoms with Crippen molar-refractivity contribution in [1.29, 1.82) is 0 Å². The van der Waals surface area contributed by atoms with Crippen LogP contribution in [-0.4, -0.2) is 30.0 Å². The smallest absolute Gasteiger partial charge is 0.191 e. The molecule has 0 aromatic carbocycles. The second kappa shape index (κ2) is 3.78. The van der Waals surface area contributed by atoms with E-state index in [1.807, 2.05) is 20.9 Å². The van der Waals surface area contributed by atoms with E-state index in [-0.39, 0.29) is 0 Å². The third-order valence-electron chi connectivity index (χ3n) is 2.37. The fraction of sp³-hybridized carbons (Fsp3) is 0.889. The zero-order chi connectivity index (χ0) is 9.14. The van der Waals surface area contributed by atoms with Gasteiger partial charge in [-0.25, -0.2) is 0 Å². The summed E-state index contributed by atoms with van der Waals surface area (Å²) in [7, 11) is 2.03. The van der Waals surface area contributed by atoms with Crippen LogP contribution in [-0.2, 0) is 0 Å². The van der Waals surface area contributed by atoms with Crippen LogP contribution in [0.3, 0.4) is 0 Å². The molecule has 0 aromatic heterocycles. The van der Waals surface area contributed by atoms with Crippen LogP contribution >= 0.6 is 0 Å². The van der Waals surface area contributed by atoms with Crippen molar-refractivity contribution in [2.24, 2.45) is 10.7 Å². The lowest BCUT2D eigenvalue weighted by Gasteiger charge is -2.35. The summed E-state index contributed by atoms with van der Waals surface area (Å²) in [6.45, 7) is 4.09. The fourth-order valence-electron chi connectivity index (χ4n) is 1.32. The van der Waals surface area contributed by atoms with E-state index in [1.54, 1.807) is 0 Å². The maximum atomic E-state index is 5.80. The highest BCUT2D eigenvalue weighted by Gasteiger charge is 2.23. The summed E-state index contributed by atoms with van der Waals surface area (Å²) in [5.74, 6) is 0.690. The Bertz CT molecular complexity index is 171. The molecular formula is C9H19N3. The maximum absolute atomic E-state index is 5.80. The van der Waals surface area contributed by atoms with Crippen LogP contribution in [0.5, 0.6) is 0 Å². The molecule has 1 fully saturated rings. The molecule has 0 spiro atoms. The Morgan fingerprint density at radius 3 is 2.42 bits per heavy atom. The average Bonchev–Trinajstić information content (AvgIpc) is 1.81. The predicted octanol–water partition coefficient (Wildman–Crippen LogP) is 1.19. The van der Waals surface area contributed by atoms with E-state index < -0.39 is 0 Å². The van der Waals surface area contributed by atoms with Gasteiger partial charge in [-0.3, -0.25) is 4.99 Å². The highest BCUT2D eigenvalue weighted by molar-refractivity contribution is 5.78. The van der Waals surface area contributed by atoms with Crippen molar-refractivity contribution in [2.45, 2.75) is 45.2 Å². The summed E-state index contributed by atoms with van der Waals surface area (Å²) in [5, 5.41) is 0. The number of rotatable bonds is 2. The van der Waals surface area contributed by atoms with Crippen LogP contribution < -0.4 is 5.73 Å². The molecule has 3 heteroatoms. The van der Waals surface area contributed by atoms with E-state index in [0.717, 1.165) is 0 Å². The molecule has 0 aromatic rings. The second-order valence-electron chi connectivity index (χ2n) is 3.78. The molecule has 3 nitrogen and oxygen atoms in total. The summed E-state index contributed by atoms with van der Waals surface area (Å²) in [6, 6.07) is 0.944. The van der Waals surface area contributed by atoms with Gasteiger partial charge in [-0.1, -0.05) is 0 Å². The molecule has 0 aliphatic heterocycles. The molecular weight excluding hydrogens is 150 g/mol. The minimum Gasteiger partial charge on any atom is -0.370 e. The van der Waals surface area contributed by atoms with Gasteiger partial charge in [0.2, 0.25) is 0 Å². The number of guanidine groups is 1. The van der Waals surface area contributed by atoms with Crippen molar-refractivity contribution < 1.29 is 0 Å². The zero-order valence-corrected chi connectivity index (χ0v) is 8.25. The molecule has 0 amide bonds. The largest absolute Gasteiger partial charge is 0.370 e. The first-order valence-corrected chi connectivity index (χ1v) is 4.67. The molecule has 0 saturated heterocycles. The van der Waals surface area contributed by atoms with E-state index in [9.17, 15) is 0 Å². The van der Waals surface area contributed by atoms with E-state index >= 15 is 0 Å². The zero-order valence-electron chi connectivity index (χ0n) is 8.25. The van der Waals surface area contributed by atoms with Crippen LogP contribution in [0.15, 0.2) is 4.99 Å². The lowest BCUT2D eigenvalue weighted by atomic mass is 9.92. The molecule has 1 aliphatic carbocycles. The van der Waals surface area contributed by atoms with Crippen molar-refractivity contribution in [3.05, 3.63) is 0 Å². The van der Waals surface area contributed by atoms with E-state index in [0.29, 0.717) is 18.0 Å². The minimum absolute atomic E-state index is 0.299. The van der Waals surface area contributed by atoms with Crippen LogP contribution in [0, 0.1) is 0 Å². The molecule has 1 aliphatic rings. The van der Waals surface area contributed by atoms with Gasteiger partial charge in [0.05, 0.1) is 0 Å². The Hall–Kier alpha value is -0.730. The van der Waals surface area contributed by atoms with Crippen LogP contribution in [0.2, 0.25) is 0 Å². The number of hydrogen-bond donors (Lipinski definition) is 1. The minimum atomic E-state index is 0.299. The third-order valence-corrected chi connectivity index (χ3v) is 2.37. The lowest BCUT2D eigenvalue weighted by Crippen LogP contribution is -2.45. The summed E-state index contributed by atoms with van der Waals surface area (Å²) in [5.41, 5.74) is 5.80. The third kappa shape index (κ3) is 2.13. The van der Waals surface area contributed by atoms with Gasteiger partial charge in [0, 0.05) is 19.1 Å². The van der Waals surface area contributed by atoms with Gasteiger partial charge in [0.15, 0.2) is 5.96 Å². The van der Waals surface area contributed by atoms with Crippen LogP contribution in [0.25, 0.3) is 0 Å². The van der Waals surface area contributed by atoms with Crippen molar-refractivity contribution in [1.82, 2.24) is 4.90 Å². The summed E-state index contributed by atoms with van der Waals surface area (Å²) in [6.07, 6.45) is 3.87. The van der Waals surface area contributed by atoms with E-state index in [2.05, 4.69) is 9.89 Å². The Balaban J connectivity index is 2.44. The topological polar surface area (TPSA) is 41.6 Å². The predicted molar refractivity (Wildman–Crippen MR) is 52.2 cm³/mol. The summed E-state index contributed by atoms with van der Waals surface area (Å²) >= 11 is 0. The second-order valence-corrected chi connectivity index (χ2v) is 3.78. The summed E-state index contributed by atoms with van der Waals surface area (Å²) in [4.78, 5) is 6.40. The van der Waals surface area contributed by atoms with Crippen molar-refractivity contribution in [3.8, 4) is 0 Å². The van der Waals surface area contributed by atoms with Gasteiger partial charge in [0.1, 0.15) is 0 Å². The van der Waals surface area contributed by atoms with Crippen LogP contribution in [0.4, 0.5) is 0 Å². The molecule has 70 valence electrons. The van der Waals surface area contributed by atoms with E-state index in [4.69, 9.17) is 5.73 Å². The molecule has 0 radical (unpaired) electrons. The van der Waals surface area contributed by atoms with Crippen LogP contribution in [0.1, 0.15) is 33.1 Å². The maximum Gasteiger partial charge on any atom is 0.191 e. The number of aliphatic imine (C=N–C) groups is 1. The van der Waals surface area contributed by atoms with Gasteiger partial charge in [0.25, 0.3) is 0 Å². The van der Waals surface area contributed by atoms with Gasteiger partial charge in [-0.05, 0) is 33.1 Å². The van der Waals surface area contributed by atoms with E-state index in [1.165, 1.54) is 19.3 Å². The van der Waals surface area contributed by atoms with Gasteiger partial charge in [-0.2, -0.15) is 0 Å². The Morgan fingerprint density at radius 1 is 1.50 bits per heavy atom. The van der Waals surface area contributed by atoms with Crippen molar-refractivity contribution >= 4 is 5.96 Å². The molecule has 12 heavy (non-hydrogen) atoms. The average molecular weight is 169 g/mol. The molecule has 0 bridgehead atoms. The standard InChI is InChI=1S/C9H19N3/c1-7(2)11-9(10)12(3)8-5-4-6-8/h7-8H,4-6H2,1-3H3,(H2,10,11). The lowest BCUT2D eigenvalue weighted by molar-refractivity contribution is 0.238. The Kier molecular flexibility index (Phi) is 2.95. The van der Waals surface area contributed by atoms with Gasteiger partial charge < -0.3 is 10.6 Å². The first kappa shape index (κ1) is 9.36. The Morgan fingerprint density at radius 2 is 2.08 bits per heavy atom. The molecule has 1 rings (SSSR count). The SMILES string of the molecule is CC(C)N=C(N)N(C)C1CCC1. The quantitative estimate of drug-likeness (QED) is 0.498. The molecule has 0 atom stereocenters. The summed E-state index contributed by atoms with van der Waals surface area (Å²) < 4.78 is 0. The molecule has 1 saturated carbocycles. The van der Waals surface area contributed by atoms with Gasteiger partial charge in [-0.15, -0.1) is 0 Å². The molecule has 0 unspecified atom stereocenters. The highest BCUT2D eigenvalue weighted by Crippen LogP contribution is 2.23. The molecule has 0 heterocycles. The number of nitrogens with zero attached hydrogens (tertiary/aromatic N) is 2. The fourth-order valence-corrected chi connectivity index (χ4v) is 1.32. The first-order chi connectivity index (χ1) is 5.61. The molecule has 2 N–H and O–H groups in total. The Labute approximate surface area is 74.6 Å². The number of nitrogens with two attached hydrogens (primary N) is 1. The van der Waals surface area contributed by atoms with Crippen molar-refractivity contribution in [3.63, 3.8) is 0 Å². The normalized spacial score (nSPS) is 19.5. The number of hydrogen-bond acceptors (Lipinski definition) is 1. The first-order valence-electron chi connectivity index (χ1n) is 4.67. The van der Waals surface area contributed by atoms with Gasteiger partial charge >= 0.3 is 0 Å².